The number of halogens is 1. The molecule has 0 saturated heterocycles. The number of hydrogen-bond donors (Lipinski definition) is 1. The molecule has 4 aromatic rings. The lowest BCUT2D eigenvalue weighted by atomic mass is 10.2. The van der Waals surface area contributed by atoms with Gasteiger partial charge in [-0.1, -0.05) is 59.3 Å². The number of benzene rings is 2. The number of aromatic nitrogens is 3. The first-order valence-electron chi connectivity index (χ1n) is 7.62. The van der Waals surface area contributed by atoms with Crippen molar-refractivity contribution >= 4 is 44.9 Å². The number of rotatable bonds is 4. The summed E-state index contributed by atoms with van der Waals surface area (Å²) in [6, 6.07) is 17.3. The summed E-state index contributed by atoms with van der Waals surface area (Å²) in [7, 11) is 0. The molecule has 0 atom stereocenters. The van der Waals surface area contributed by atoms with E-state index in [4.69, 9.17) is 11.6 Å². The van der Waals surface area contributed by atoms with Crippen molar-refractivity contribution in [3.63, 3.8) is 0 Å². The molecule has 0 aliphatic heterocycles. The molecule has 0 spiro atoms. The van der Waals surface area contributed by atoms with Gasteiger partial charge < -0.3 is 4.57 Å². The van der Waals surface area contributed by atoms with E-state index in [1.807, 2.05) is 65.4 Å². The van der Waals surface area contributed by atoms with Gasteiger partial charge in [-0.15, -0.1) is 10.2 Å². The standard InChI is InChI=1S/C18H13ClN4OS/c19-14-7-6-12-8-9-23(15(12)10-14)11-16(24)20-18-22-21-17(25-18)13-4-2-1-3-5-13/h1-10H,11H2,(H,20,22,24). The molecule has 25 heavy (non-hydrogen) atoms. The Kier molecular flexibility index (Phi) is 4.21. The fourth-order valence-electron chi connectivity index (χ4n) is 2.58. The number of fused-ring (bicyclic) bond motifs is 1. The number of hydrogen-bond acceptors (Lipinski definition) is 4. The molecular weight excluding hydrogens is 356 g/mol. The van der Waals surface area contributed by atoms with Gasteiger partial charge in [-0.2, -0.15) is 0 Å². The first kappa shape index (κ1) is 15.8. The first-order chi connectivity index (χ1) is 12.2. The van der Waals surface area contributed by atoms with Crippen LogP contribution in [-0.2, 0) is 11.3 Å². The molecule has 124 valence electrons. The van der Waals surface area contributed by atoms with Crippen LogP contribution >= 0.6 is 22.9 Å². The SMILES string of the molecule is O=C(Cn1ccc2ccc(Cl)cc21)Nc1nnc(-c2ccccc2)s1. The second-order valence-corrected chi connectivity index (χ2v) is 6.89. The van der Waals surface area contributed by atoms with Crippen molar-refractivity contribution in [3.05, 3.63) is 65.8 Å². The number of carbonyl (C=O) groups is 1. The van der Waals surface area contributed by atoms with Crippen molar-refractivity contribution in [1.29, 1.82) is 0 Å². The Labute approximate surface area is 152 Å². The predicted octanol–water partition coefficient (Wildman–Crippen LogP) is 4.45. The summed E-state index contributed by atoms with van der Waals surface area (Å²) in [6.45, 7) is 0.185. The largest absolute Gasteiger partial charge is 0.338 e. The molecule has 2 heterocycles. The smallest absolute Gasteiger partial charge is 0.246 e. The summed E-state index contributed by atoms with van der Waals surface area (Å²) in [5.74, 6) is -0.159. The molecule has 0 saturated carbocycles. The van der Waals surface area contributed by atoms with Gasteiger partial charge in [0.25, 0.3) is 0 Å². The van der Waals surface area contributed by atoms with E-state index >= 15 is 0 Å². The molecule has 0 aliphatic carbocycles. The van der Waals surface area contributed by atoms with Crippen LogP contribution in [-0.4, -0.2) is 20.7 Å². The van der Waals surface area contributed by atoms with E-state index in [2.05, 4.69) is 15.5 Å². The Bertz CT molecular complexity index is 1040. The summed E-state index contributed by atoms with van der Waals surface area (Å²) in [6.07, 6.45) is 1.87. The fraction of sp³-hybridized carbons (Fsp3) is 0.0556. The highest BCUT2D eigenvalue weighted by atomic mass is 35.5. The van der Waals surface area contributed by atoms with E-state index < -0.39 is 0 Å². The van der Waals surface area contributed by atoms with Crippen LogP contribution in [0.3, 0.4) is 0 Å². The summed E-state index contributed by atoms with van der Waals surface area (Å²) in [4.78, 5) is 12.3. The molecule has 2 aromatic heterocycles. The van der Waals surface area contributed by atoms with Crippen LogP contribution in [0.5, 0.6) is 0 Å². The highest BCUT2D eigenvalue weighted by Gasteiger charge is 2.11. The van der Waals surface area contributed by atoms with Gasteiger partial charge in [0.2, 0.25) is 11.0 Å². The lowest BCUT2D eigenvalue weighted by Gasteiger charge is -2.05. The quantitative estimate of drug-likeness (QED) is 0.578. The molecule has 2 aromatic carbocycles. The molecule has 0 radical (unpaired) electrons. The van der Waals surface area contributed by atoms with Crippen LogP contribution in [0.1, 0.15) is 0 Å². The van der Waals surface area contributed by atoms with Crippen molar-refractivity contribution in [1.82, 2.24) is 14.8 Å². The predicted molar refractivity (Wildman–Crippen MR) is 101 cm³/mol. The zero-order chi connectivity index (χ0) is 17.2. The van der Waals surface area contributed by atoms with E-state index in [1.165, 1.54) is 11.3 Å². The molecule has 4 rings (SSSR count). The Balaban J connectivity index is 1.49. The van der Waals surface area contributed by atoms with E-state index in [-0.39, 0.29) is 12.5 Å². The van der Waals surface area contributed by atoms with Gasteiger partial charge in [0.1, 0.15) is 11.6 Å². The summed E-state index contributed by atoms with van der Waals surface area (Å²) in [5, 5.41) is 13.9. The average molecular weight is 369 g/mol. The number of nitrogens with one attached hydrogen (secondary N) is 1. The van der Waals surface area contributed by atoms with Gasteiger partial charge >= 0.3 is 0 Å². The van der Waals surface area contributed by atoms with Crippen LogP contribution < -0.4 is 5.32 Å². The number of nitrogens with zero attached hydrogens (tertiary/aromatic N) is 3. The second-order valence-electron chi connectivity index (χ2n) is 5.47. The van der Waals surface area contributed by atoms with Crippen LogP contribution in [0.15, 0.2) is 60.8 Å². The van der Waals surface area contributed by atoms with Gasteiger partial charge in [-0.3, -0.25) is 10.1 Å². The molecule has 1 N–H and O–H groups in total. The Morgan fingerprint density at radius 1 is 1.12 bits per heavy atom. The highest BCUT2D eigenvalue weighted by molar-refractivity contribution is 7.18. The van der Waals surface area contributed by atoms with Gasteiger partial charge in [0.15, 0.2) is 0 Å². The van der Waals surface area contributed by atoms with Crippen molar-refractivity contribution in [2.45, 2.75) is 6.54 Å². The van der Waals surface area contributed by atoms with E-state index in [1.54, 1.807) is 0 Å². The number of anilines is 1. The average Bonchev–Trinajstić information content (AvgIpc) is 3.23. The van der Waals surface area contributed by atoms with E-state index in [0.717, 1.165) is 21.5 Å². The Morgan fingerprint density at radius 3 is 2.80 bits per heavy atom. The maximum Gasteiger partial charge on any atom is 0.246 e. The van der Waals surface area contributed by atoms with Crippen LogP contribution in [0.4, 0.5) is 5.13 Å². The molecule has 1 amide bonds. The Morgan fingerprint density at radius 2 is 1.96 bits per heavy atom. The molecule has 5 nitrogen and oxygen atoms in total. The molecule has 0 aliphatic rings. The lowest BCUT2D eigenvalue weighted by Crippen LogP contribution is -2.18. The lowest BCUT2D eigenvalue weighted by molar-refractivity contribution is -0.116. The summed E-state index contributed by atoms with van der Waals surface area (Å²) < 4.78 is 1.86. The summed E-state index contributed by atoms with van der Waals surface area (Å²) in [5.41, 5.74) is 1.90. The van der Waals surface area contributed by atoms with Crippen molar-refractivity contribution < 1.29 is 4.79 Å². The zero-order valence-electron chi connectivity index (χ0n) is 13.0. The van der Waals surface area contributed by atoms with Gasteiger partial charge in [0, 0.05) is 22.3 Å². The van der Waals surface area contributed by atoms with Gasteiger partial charge in [-0.25, -0.2) is 0 Å². The normalized spacial score (nSPS) is 10.9. The topological polar surface area (TPSA) is 59.8 Å². The maximum absolute atomic E-state index is 12.3. The first-order valence-corrected chi connectivity index (χ1v) is 8.82. The molecule has 7 heteroatoms. The van der Waals surface area contributed by atoms with E-state index in [0.29, 0.717) is 10.2 Å². The third-order valence-electron chi connectivity index (χ3n) is 3.74. The van der Waals surface area contributed by atoms with Crippen molar-refractivity contribution in [2.24, 2.45) is 0 Å². The second kappa shape index (κ2) is 6.66. The summed E-state index contributed by atoms with van der Waals surface area (Å²) >= 11 is 7.39. The minimum Gasteiger partial charge on any atom is -0.338 e. The molecule has 0 bridgehead atoms. The van der Waals surface area contributed by atoms with Crippen LogP contribution in [0.2, 0.25) is 5.02 Å². The van der Waals surface area contributed by atoms with Gasteiger partial charge in [-0.05, 0) is 23.6 Å². The van der Waals surface area contributed by atoms with Crippen molar-refractivity contribution in [3.8, 4) is 10.6 Å². The van der Waals surface area contributed by atoms with Crippen molar-refractivity contribution in [2.75, 3.05) is 5.32 Å². The number of amides is 1. The maximum atomic E-state index is 12.3. The monoisotopic (exact) mass is 368 g/mol. The highest BCUT2D eigenvalue weighted by Crippen LogP contribution is 2.26. The molecule has 0 fully saturated rings. The van der Waals surface area contributed by atoms with E-state index in [9.17, 15) is 4.79 Å². The molecular formula is C18H13ClN4OS. The zero-order valence-corrected chi connectivity index (χ0v) is 14.6. The Hall–Kier alpha value is -2.70. The number of carbonyl (C=O) groups excluding carboxylic acids is 1. The van der Waals surface area contributed by atoms with Crippen LogP contribution in [0, 0.1) is 0 Å². The van der Waals surface area contributed by atoms with Gasteiger partial charge in [0.05, 0.1) is 0 Å². The third kappa shape index (κ3) is 3.40. The fourth-order valence-corrected chi connectivity index (χ4v) is 3.51. The minimum atomic E-state index is -0.159. The minimum absolute atomic E-state index is 0.159. The van der Waals surface area contributed by atoms with Crippen LogP contribution in [0.25, 0.3) is 21.5 Å². The molecule has 0 unspecified atom stereocenters. The third-order valence-corrected chi connectivity index (χ3v) is 4.86.